The Morgan fingerprint density at radius 3 is 3.12 bits per heavy atom. The molecule has 0 N–H and O–H groups in total. The average Bonchev–Trinajstić information content (AvgIpc) is 2.86. The normalized spacial score (nSPS) is 11.1. The van der Waals surface area contributed by atoms with Crippen LogP contribution in [0.5, 0.6) is 0 Å². The number of aryl methyl sites for hydroxylation is 1. The third-order valence-electron chi connectivity index (χ3n) is 2.00. The van der Waals surface area contributed by atoms with Crippen molar-refractivity contribution in [2.24, 2.45) is 12.0 Å². The summed E-state index contributed by atoms with van der Waals surface area (Å²) in [6, 6.07) is 1.84. The predicted octanol–water partition coefficient (Wildman–Crippen LogP) is 1.37. The molecular weight excluding hydrogens is 222 g/mol. The molecule has 0 aliphatic carbocycles. The Hall–Kier alpha value is -1.82. The van der Waals surface area contributed by atoms with Crippen molar-refractivity contribution in [1.29, 1.82) is 0 Å². The molecule has 6 heteroatoms. The lowest BCUT2D eigenvalue weighted by molar-refractivity contribution is 0.687. The molecule has 0 unspecified atom stereocenters. The van der Waals surface area contributed by atoms with E-state index < -0.39 is 0 Å². The van der Waals surface area contributed by atoms with E-state index in [4.69, 9.17) is 0 Å². The van der Waals surface area contributed by atoms with Crippen LogP contribution in [-0.2, 0) is 13.6 Å². The molecule has 0 aliphatic heterocycles. The van der Waals surface area contributed by atoms with Crippen LogP contribution in [0, 0.1) is 0 Å². The fourth-order valence-electron chi connectivity index (χ4n) is 1.36. The van der Waals surface area contributed by atoms with E-state index in [1.165, 1.54) is 5.37 Å². The number of aromatic nitrogens is 4. The van der Waals surface area contributed by atoms with Gasteiger partial charge in [-0.15, -0.1) is 0 Å². The third kappa shape index (κ3) is 2.60. The van der Waals surface area contributed by atoms with Crippen LogP contribution >= 0.6 is 12.2 Å². The Labute approximate surface area is 98.4 Å². The lowest BCUT2D eigenvalue weighted by Crippen LogP contribution is -1.98. The summed E-state index contributed by atoms with van der Waals surface area (Å²) in [5.74, 6) is 0.657. The highest BCUT2D eigenvalue weighted by molar-refractivity contribution is 7.80. The standard InChI is InChI=1S/C10H11N5S/c1-14-7-9(6-12-14)8-15-4-2-10(13-15)11-3-5-16/h2-7H,8H2,1H3. The molecular formula is C10H11N5S. The van der Waals surface area contributed by atoms with Gasteiger partial charge >= 0.3 is 0 Å². The molecule has 0 aliphatic rings. The van der Waals surface area contributed by atoms with Crippen molar-refractivity contribution in [2.75, 3.05) is 0 Å². The van der Waals surface area contributed by atoms with Crippen molar-refractivity contribution in [2.45, 2.75) is 6.54 Å². The van der Waals surface area contributed by atoms with Crippen molar-refractivity contribution >= 4 is 29.6 Å². The highest BCUT2D eigenvalue weighted by atomic mass is 32.1. The summed E-state index contributed by atoms with van der Waals surface area (Å²) < 4.78 is 3.58. The summed E-state index contributed by atoms with van der Waals surface area (Å²) in [6.07, 6.45) is 7.21. The van der Waals surface area contributed by atoms with E-state index in [1.807, 2.05) is 36.4 Å². The number of thiocarbonyl (C=S) groups is 1. The lowest BCUT2D eigenvalue weighted by atomic mass is 10.4. The van der Waals surface area contributed by atoms with Crippen molar-refractivity contribution < 1.29 is 0 Å². The summed E-state index contributed by atoms with van der Waals surface area (Å²) in [4.78, 5) is 4.05. The Kier molecular flexibility index (Phi) is 3.21. The average molecular weight is 233 g/mol. The molecule has 0 saturated heterocycles. The highest BCUT2D eigenvalue weighted by Gasteiger charge is 1.99. The maximum Gasteiger partial charge on any atom is 0.173 e. The highest BCUT2D eigenvalue weighted by Crippen LogP contribution is 2.07. The van der Waals surface area contributed by atoms with Crippen molar-refractivity contribution in [1.82, 2.24) is 19.6 Å². The minimum atomic E-state index is 0.657. The van der Waals surface area contributed by atoms with Gasteiger partial charge in [0.2, 0.25) is 0 Å². The Balaban J connectivity index is 2.08. The smallest absolute Gasteiger partial charge is 0.173 e. The molecule has 16 heavy (non-hydrogen) atoms. The summed E-state index contributed by atoms with van der Waals surface area (Å²) in [6.45, 7) is 0.695. The molecule has 5 nitrogen and oxygen atoms in total. The van der Waals surface area contributed by atoms with Gasteiger partial charge in [-0.1, -0.05) is 12.2 Å². The molecule has 0 amide bonds. The quantitative estimate of drug-likeness (QED) is 0.592. The molecule has 2 aromatic heterocycles. The van der Waals surface area contributed by atoms with E-state index >= 15 is 0 Å². The molecule has 0 spiro atoms. The molecule has 82 valence electrons. The molecule has 0 aromatic carbocycles. The summed E-state index contributed by atoms with van der Waals surface area (Å²) in [7, 11) is 1.89. The molecule has 2 aromatic rings. The maximum atomic E-state index is 4.65. The van der Waals surface area contributed by atoms with Crippen LogP contribution in [0.1, 0.15) is 5.56 Å². The van der Waals surface area contributed by atoms with Crippen LogP contribution in [0.2, 0.25) is 0 Å². The van der Waals surface area contributed by atoms with Gasteiger partial charge in [0.1, 0.15) is 0 Å². The van der Waals surface area contributed by atoms with Crippen molar-refractivity contribution in [3.05, 3.63) is 30.2 Å². The zero-order chi connectivity index (χ0) is 11.4. The van der Waals surface area contributed by atoms with E-state index in [1.54, 1.807) is 10.9 Å². The van der Waals surface area contributed by atoms with Gasteiger partial charge in [-0.25, -0.2) is 4.99 Å². The molecule has 0 bridgehead atoms. The molecule has 2 rings (SSSR count). The zero-order valence-electron chi connectivity index (χ0n) is 8.82. The first kappa shape index (κ1) is 10.7. The van der Waals surface area contributed by atoms with Crippen LogP contribution in [-0.4, -0.2) is 31.1 Å². The van der Waals surface area contributed by atoms with Crippen LogP contribution in [0.4, 0.5) is 5.82 Å². The van der Waals surface area contributed by atoms with Gasteiger partial charge < -0.3 is 0 Å². The number of rotatable bonds is 4. The first-order valence-electron chi connectivity index (χ1n) is 4.77. The van der Waals surface area contributed by atoms with Gasteiger partial charge in [0.15, 0.2) is 5.82 Å². The maximum absolute atomic E-state index is 4.65. The largest absolute Gasteiger partial charge is 0.275 e. The van der Waals surface area contributed by atoms with Crippen molar-refractivity contribution in [3.63, 3.8) is 0 Å². The van der Waals surface area contributed by atoms with Crippen LogP contribution < -0.4 is 0 Å². The molecule has 0 atom stereocenters. The summed E-state index contributed by atoms with van der Waals surface area (Å²) >= 11 is 4.65. The SMILES string of the molecule is Cn1cc(Cn2ccc(N=CC=S)n2)cn1. The second-order valence-corrected chi connectivity index (χ2v) is 3.58. The summed E-state index contributed by atoms with van der Waals surface area (Å²) in [5.41, 5.74) is 1.11. The minimum absolute atomic E-state index is 0.657. The first-order chi connectivity index (χ1) is 7.78. The monoisotopic (exact) mass is 233 g/mol. The van der Waals surface area contributed by atoms with Crippen LogP contribution in [0.3, 0.4) is 0 Å². The number of hydrogen-bond donors (Lipinski definition) is 0. The van der Waals surface area contributed by atoms with E-state index in [-0.39, 0.29) is 0 Å². The molecule has 2 heterocycles. The summed E-state index contributed by atoms with van der Waals surface area (Å²) in [5, 5.41) is 9.82. The number of hydrogen-bond acceptors (Lipinski definition) is 4. The predicted molar refractivity (Wildman–Crippen MR) is 66.3 cm³/mol. The van der Waals surface area contributed by atoms with Gasteiger partial charge in [-0.3, -0.25) is 9.36 Å². The second kappa shape index (κ2) is 4.80. The van der Waals surface area contributed by atoms with Gasteiger partial charge in [-0.05, 0) is 0 Å². The second-order valence-electron chi connectivity index (χ2n) is 3.31. The molecule has 0 saturated carbocycles. The molecule has 0 radical (unpaired) electrons. The van der Waals surface area contributed by atoms with Gasteiger partial charge in [-0.2, -0.15) is 10.2 Å². The Bertz CT molecular complexity index is 511. The number of nitrogens with zero attached hydrogens (tertiary/aromatic N) is 5. The van der Waals surface area contributed by atoms with Gasteiger partial charge in [0.25, 0.3) is 0 Å². The lowest BCUT2D eigenvalue weighted by Gasteiger charge is -1.96. The van der Waals surface area contributed by atoms with Gasteiger partial charge in [0, 0.05) is 42.7 Å². The third-order valence-corrected chi connectivity index (χ3v) is 2.12. The fourth-order valence-corrected chi connectivity index (χ4v) is 1.42. The zero-order valence-corrected chi connectivity index (χ0v) is 9.63. The fraction of sp³-hybridized carbons (Fsp3) is 0.200. The van der Waals surface area contributed by atoms with E-state index in [2.05, 4.69) is 27.4 Å². The Morgan fingerprint density at radius 1 is 1.56 bits per heavy atom. The first-order valence-corrected chi connectivity index (χ1v) is 5.24. The van der Waals surface area contributed by atoms with Crippen LogP contribution in [0.25, 0.3) is 0 Å². The van der Waals surface area contributed by atoms with Crippen LogP contribution in [0.15, 0.2) is 29.6 Å². The minimum Gasteiger partial charge on any atom is -0.275 e. The van der Waals surface area contributed by atoms with E-state index in [9.17, 15) is 0 Å². The molecule has 0 fully saturated rings. The van der Waals surface area contributed by atoms with Gasteiger partial charge in [0.05, 0.1) is 12.7 Å². The number of aliphatic imine (C=N–C) groups is 1. The van der Waals surface area contributed by atoms with E-state index in [0.29, 0.717) is 12.4 Å². The van der Waals surface area contributed by atoms with E-state index in [0.717, 1.165) is 5.56 Å². The van der Waals surface area contributed by atoms with Crippen molar-refractivity contribution in [3.8, 4) is 0 Å². The Morgan fingerprint density at radius 2 is 2.44 bits per heavy atom. The topological polar surface area (TPSA) is 48.0 Å².